The lowest BCUT2D eigenvalue weighted by Gasteiger charge is -2.28. The van der Waals surface area contributed by atoms with Crippen molar-refractivity contribution in [1.29, 1.82) is 0 Å². The van der Waals surface area contributed by atoms with E-state index in [1.807, 2.05) is 30.3 Å². The van der Waals surface area contributed by atoms with Gasteiger partial charge in [0, 0.05) is 19.6 Å². The summed E-state index contributed by atoms with van der Waals surface area (Å²) in [6.07, 6.45) is 2.92. The van der Waals surface area contributed by atoms with E-state index in [1.165, 1.54) is 4.90 Å². The number of nitrogens with two attached hydrogens (primary N) is 1. The highest BCUT2D eigenvalue weighted by Crippen LogP contribution is 2.29. The summed E-state index contributed by atoms with van der Waals surface area (Å²) >= 11 is 0. The third-order valence-electron chi connectivity index (χ3n) is 4.44. The van der Waals surface area contributed by atoms with Crippen molar-refractivity contribution in [3.63, 3.8) is 0 Å². The Hall–Kier alpha value is -1.62. The van der Waals surface area contributed by atoms with Crippen molar-refractivity contribution in [2.45, 2.75) is 50.9 Å². The lowest BCUT2D eigenvalue weighted by Crippen LogP contribution is -2.40. The SMILES string of the molecule is CN(CC(N)CC1CCC(F)CC1)C(=O)OCc1ccccc1. The van der Waals surface area contributed by atoms with Gasteiger partial charge >= 0.3 is 6.09 Å². The molecule has 2 rings (SSSR count). The van der Waals surface area contributed by atoms with Crippen molar-refractivity contribution in [1.82, 2.24) is 4.90 Å². The summed E-state index contributed by atoms with van der Waals surface area (Å²) < 4.78 is 18.4. The molecule has 1 unspecified atom stereocenters. The summed E-state index contributed by atoms with van der Waals surface area (Å²) in [5.41, 5.74) is 7.10. The third-order valence-corrected chi connectivity index (χ3v) is 4.44. The van der Waals surface area contributed by atoms with Crippen LogP contribution in [0, 0.1) is 5.92 Å². The minimum absolute atomic E-state index is 0.0922. The van der Waals surface area contributed by atoms with Gasteiger partial charge in [0.05, 0.1) is 0 Å². The molecule has 0 heterocycles. The third kappa shape index (κ3) is 6.18. The number of amides is 1. The van der Waals surface area contributed by atoms with Gasteiger partial charge in [0.1, 0.15) is 12.8 Å². The second kappa shape index (κ2) is 8.87. The Kier molecular flexibility index (Phi) is 6.84. The molecule has 128 valence electrons. The van der Waals surface area contributed by atoms with Crippen LogP contribution in [-0.2, 0) is 11.3 Å². The maximum absolute atomic E-state index is 13.1. The first-order chi connectivity index (χ1) is 11.0. The predicted octanol–water partition coefficient (Wildman–Crippen LogP) is 3.50. The lowest BCUT2D eigenvalue weighted by atomic mass is 9.84. The van der Waals surface area contributed by atoms with Crippen molar-refractivity contribution in [2.75, 3.05) is 13.6 Å². The second-order valence-electron chi connectivity index (χ2n) is 6.53. The average Bonchev–Trinajstić information content (AvgIpc) is 2.55. The normalized spacial score (nSPS) is 22.4. The maximum Gasteiger partial charge on any atom is 0.409 e. The molecule has 0 bridgehead atoms. The Balaban J connectivity index is 1.68. The molecule has 23 heavy (non-hydrogen) atoms. The lowest BCUT2D eigenvalue weighted by molar-refractivity contribution is 0.101. The summed E-state index contributed by atoms with van der Waals surface area (Å²) in [6.45, 7) is 0.725. The van der Waals surface area contributed by atoms with Crippen LogP contribution in [0.4, 0.5) is 9.18 Å². The minimum Gasteiger partial charge on any atom is -0.445 e. The molecule has 4 nitrogen and oxygen atoms in total. The largest absolute Gasteiger partial charge is 0.445 e. The molecule has 1 fully saturated rings. The number of likely N-dealkylation sites (N-methyl/N-ethyl adjacent to an activating group) is 1. The van der Waals surface area contributed by atoms with Gasteiger partial charge in [-0.3, -0.25) is 0 Å². The van der Waals surface area contributed by atoms with E-state index in [0.717, 1.165) is 24.8 Å². The van der Waals surface area contributed by atoms with Crippen LogP contribution in [0.15, 0.2) is 30.3 Å². The highest BCUT2D eigenvalue weighted by molar-refractivity contribution is 5.67. The van der Waals surface area contributed by atoms with Crippen molar-refractivity contribution < 1.29 is 13.9 Å². The fourth-order valence-electron chi connectivity index (χ4n) is 3.12. The molecule has 1 aromatic rings. The molecular weight excluding hydrogens is 295 g/mol. The Bertz CT molecular complexity index is 475. The molecule has 0 spiro atoms. The molecule has 0 aliphatic heterocycles. The van der Waals surface area contributed by atoms with Crippen LogP contribution < -0.4 is 5.73 Å². The van der Waals surface area contributed by atoms with E-state index in [-0.39, 0.29) is 18.7 Å². The van der Waals surface area contributed by atoms with E-state index in [0.29, 0.717) is 25.3 Å². The molecule has 1 aliphatic rings. The van der Waals surface area contributed by atoms with Gasteiger partial charge in [-0.25, -0.2) is 9.18 Å². The zero-order chi connectivity index (χ0) is 16.7. The number of carbonyl (C=O) groups excluding carboxylic acids is 1. The van der Waals surface area contributed by atoms with E-state index in [9.17, 15) is 9.18 Å². The first-order valence-electron chi connectivity index (χ1n) is 8.36. The minimum atomic E-state index is -0.641. The number of alkyl halides is 1. The fourth-order valence-corrected chi connectivity index (χ4v) is 3.12. The van der Waals surface area contributed by atoms with Crippen LogP contribution in [0.25, 0.3) is 0 Å². The predicted molar refractivity (Wildman–Crippen MR) is 88.7 cm³/mol. The van der Waals surface area contributed by atoms with Crippen LogP contribution in [-0.4, -0.2) is 36.8 Å². The Morgan fingerprint density at radius 3 is 2.61 bits per heavy atom. The van der Waals surface area contributed by atoms with E-state index in [2.05, 4.69) is 0 Å². The van der Waals surface area contributed by atoms with E-state index >= 15 is 0 Å². The summed E-state index contributed by atoms with van der Waals surface area (Å²) in [5, 5.41) is 0. The number of rotatable bonds is 6. The number of benzene rings is 1. The van der Waals surface area contributed by atoms with Gasteiger partial charge in [0.15, 0.2) is 0 Å². The molecule has 1 saturated carbocycles. The molecule has 1 atom stereocenters. The first kappa shape index (κ1) is 17.7. The number of carbonyl (C=O) groups is 1. The molecule has 1 amide bonds. The number of hydrogen-bond donors (Lipinski definition) is 1. The number of nitrogens with zero attached hydrogens (tertiary/aromatic N) is 1. The summed E-state index contributed by atoms with van der Waals surface area (Å²) in [6, 6.07) is 9.49. The zero-order valence-corrected chi connectivity index (χ0v) is 13.8. The van der Waals surface area contributed by atoms with Gasteiger partial charge in [0.25, 0.3) is 0 Å². The topological polar surface area (TPSA) is 55.6 Å². The molecule has 1 aliphatic carbocycles. The zero-order valence-electron chi connectivity index (χ0n) is 13.8. The Morgan fingerprint density at radius 2 is 1.96 bits per heavy atom. The van der Waals surface area contributed by atoms with Gasteiger partial charge < -0.3 is 15.4 Å². The average molecular weight is 322 g/mol. The number of ether oxygens (including phenoxy) is 1. The van der Waals surface area contributed by atoms with Crippen molar-refractivity contribution >= 4 is 6.09 Å². The van der Waals surface area contributed by atoms with Crippen molar-refractivity contribution in [3.05, 3.63) is 35.9 Å². The van der Waals surface area contributed by atoms with E-state index < -0.39 is 6.17 Å². The van der Waals surface area contributed by atoms with Crippen LogP contribution in [0.2, 0.25) is 0 Å². The summed E-state index contributed by atoms with van der Waals surface area (Å²) in [4.78, 5) is 13.5. The summed E-state index contributed by atoms with van der Waals surface area (Å²) in [7, 11) is 1.70. The molecular formula is C18H27FN2O2. The second-order valence-corrected chi connectivity index (χ2v) is 6.53. The van der Waals surface area contributed by atoms with Crippen LogP contribution in [0.5, 0.6) is 0 Å². The van der Waals surface area contributed by atoms with Crippen LogP contribution in [0.3, 0.4) is 0 Å². The van der Waals surface area contributed by atoms with Crippen molar-refractivity contribution in [2.24, 2.45) is 11.7 Å². The molecule has 5 heteroatoms. The van der Waals surface area contributed by atoms with Gasteiger partial charge in [-0.2, -0.15) is 0 Å². The smallest absolute Gasteiger partial charge is 0.409 e. The molecule has 0 radical (unpaired) electrons. The Labute approximate surface area is 137 Å². The van der Waals surface area contributed by atoms with Gasteiger partial charge in [-0.15, -0.1) is 0 Å². The number of halogens is 1. The molecule has 0 saturated heterocycles. The molecule has 2 N–H and O–H groups in total. The van der Waals surface area contributed by atoms with Gasteiger partial charge in [0.2, 0.25) is 0 Å². The fraction of sp³-hybridized carbons (Fsp3) is 0.611. The highest BCUT2D eigenvalue weighted by atomic mass is 19.1. The highest BCUT2D eigenvalue weighted by Gasteiger charge is 2.23. The maximum atomic E-state index is 13.1. The standard InChI is InChI=1S/C18H27FN2O2/c1-21(18(22)23-13-15-5-3-2-4-6-15)12-17(20)11-14-7-9-16(19)10-8-14/h2-6,14,16-17H,7-13,20H2,1H3. The first-order valence-corrected chi connectivity index (χ1v) is 8.36. The Morgan fingerprint density at radius 1 is 1.30 bits per heavy atom. The molecule has 1 aromatic carbocycles. The van der Waals surface area contributed by atoms with E-state index in [1.54, 1.807) is 7.05 Å². The summed E-state index contributed by atoms with van der Waals surface area (Å²) in [5.74, 6) is 0.478. The van der Waals surface area contributed by atoms with Crippen molar-refractivity contribution in [3.8, 4) is 0 Å². The van der Waals surface area contributed by atoms with Crippen LogP contribution >= 0.6 is 0 Å². The van der Waals surface area contributed by atoms with E-state index in [4.69, 9.17) is 10.5 Å². The quantitative estimate of drug-likeness (QED) is 0.872. The van der Waals surface area contributed by atoms with Gasteiger partial charge in [-0.1, -0.05) is 30.3 Å². The monoisotopic (exact) mass is 322 g/mol. The molecule has 0 aromatic heterocycles. The number of hydrogen-bond acceptors (Lipinski definition) is 3. The van der Waals surface area contributed by atoms with Gasteiger partial charge in [-0.05, 0) is 43.6 Å². The van der Waals surface area contributed by atoms with Crippen LogP contribution in [0.1, 0.15) is 37.7 Å².